The van der Waals surface area contributed by atoms with Crippen molar-refractivity contribution in [3.05, 3.63) is 23.8 Å². The van der Waals surface area contributed by atoms with E-state index in [1.165, 1.54) is 0 Å². The minimum atomic E-state index is -4.89. The standard InChI is InChI=1S/C10H9F3O5/c1-17-7-4-5(8(14)9(15)16)2-3-6(7)18-10(11,12)13/h2-4,8,14H,1H3,(H,15,16). The molecule has 0 aliphatic rings. The maximum Gasteiger partial charge on any atom is 0.573 e. The third-order valence-corrected chi connectivity index (χ3v) is 1.96. The highest BCUT2D eigenvalue weighted by Gasteiger charge is 2.32. The van der Waals surface area contributed by atoms with Crippen LogP contribution < -0.4 is 9.47 Å². The average Bonchev–Trinajstić information content (AvgIpc) is 2.26. The molecule has 0 aliphatic carbocycles. The molecule has 0 amide bonds. The summed E-state index contributed by atoms with van der Waals surface area (Å²) in [5, 5.41) is 17.8. The Morgan fingerprint density at radius 2 is 1.94 bits per heavy atom. The molecule has 1 aromatic rings. The molecule has 0 bridgehead atoms. The summed E-state index contributed by atoms with van der Waals surface area (Å²) in [5.74, 6) is -2.47. The first-order valence-corrected chi connectivity index (χ1v) is 4.59. The molecule has 1 atom stereocenters. The van der Waals surface area contributed by atoms with Crippen LogP contribution in [0.5, 0.6) is 11.5 Å². The van der Waals surface area contributed by atoms with Crippen molar-refractivity contribution in [3.8, 4) is 11.5 Å². The van der Waals surface area contributed by atoms with Gasteiger partial charge in [0.25, 0.3) is 0 Å². The molecule has 1 aromatic carbocycles. The largest absolute Gasteiger partial charge is 0.573 e. The molecule has 0 heterocycles. The van der Waals surface area contributed by atoms with Crippen molar-refractivity contribution in [2.75, 3.05) is 7.11 Å². The summed E-state index contributed by atoms with van der Waals surface area (Å²) in [6.45, 7) is 0. The average molecular weight is 266 g/mol. The molecule has 0 radical (unpaired) electrons. The highest BCUT2D eigenvalue weighted by Crippen LogP contribution is 2.34. The van der Waals surface area contributed by atoms with Gasteiger partial charge in [0.15, 0.2) is 17.6 Å². The van der Waals surface area contributed by atoms with Crippen LogP contribution >= 0.6 is 0 Å². The summed E-state index contributed by atoms with van der Waals surface area (Å²) in [5.41, 5.74) is -0.117. The van der Waals surface area contributed by atoms with Crippen molar-refractivity contribution in [2.24, 2.45) is 0 Å². The van der Waals surface area contributed by atoms with E-state index in [0.717, 1.165) is 25.3 Å². The monoisotopic (exact) mass is 266 g/mol. The Hall–Kier alpha value is -1.96. The lowest BCUT2D eigenvalue weighted by Gasteiger charge is -2.14. The third-order valence-electron chi connectivity index (χ3n) is 1.96. The number of rotatable bonds is 4. The fourth-order valence-electron chi connectivity index (χ4n) is 1.21. The van der Waals surface area contributed by atoms with E-state index < -0.39 is 24.2 Å². The quantitative estimate of drug-likeness (QED) is 0.867. The lowest BCUT2D eigenvalue weighted by atomic mass is 10.1. The van der Waals surface area contributed by atoms with Gasteiger partial charge in [0.05, 0.1) is 7.11 Å². The van der Waals surface area contributed by atoms with Crippen molar-refractivity contribution < 1.29 is 37.7 Å². The van der Waals surface area contributed by atoms with Crippen LogP contribution in [0.2, 0.25) is 0 Å². The molecule has 0 saturated carbocycles. The first-order valence-electron chi connectivity index (χ1n) is 4.59. The molecule has 2 N–H and O–H groups in total. The summed E-state index contributed by atoms with van der Waals surface area (Å²) in [7, 11) is 1.09. The van der Waals surface area contributed by atoms with Crippen molar-refractivity contribution in [1.82, 2.24) is 0 Å². The Kier molecular flexibility index (Phi) is 4.02. The Morgan fingerprint density at radius 3 is 2.39 bits per heavy atom. The van der Waals surface area contributed by atoms with Gasteiger partial charge in [0.2, 0.25) is 0 Å². The highest BCUT2D eigenvalue weighted by atomic mass is 19.4. The van der Waals surface area contributed by atoms with Crippen molar-refractivity contribution in [1.29, 1.82) is 0 Å². The number of aliphatic hydroxyl groups excluding tert-OH is 1. The van der Waals surface area contributed by atoms with Crippen LogP contribution in [-0.4, -0.2) is 29.7 Å². The molecule has 0 fully saturated rings. The van der Waals surface area contributed by atoms with Crippen molar-refractivity contribution in [3.63, 3.8) is 0 Å². The van der Waals surface area contributed by atoms with E-state index in [0.29, 0.717) is 0 Å². The molecule has 8 heteroatoms. The summed E-state index contributed by atoms with van der Waals surface area (Å²) < 4.78 is 44.4. The number of methoxy groups -OCH3 is 1. The number of carboxylic acids is 1. The van der Waals surface area contributed by atoms with E-state index in [-0.39, 0.29) is 11.3 Å². The van der Waals surface area contributed by atoms with Gasteiger partial charge in [-0.05, 0) is 17.7 Å². The first-order chi connectivity index (χ1) is 8.24. The topological polar surface area (TPSA) is 76.0 Å². The maximum absolute atomic E-state index is 12.0. The van der Waals surface area contributed by atoms with Crippen LogP contribution in [0.15, 0.2) is 18.2 Å². The van der Waals surface area contributed by atoms with Gasteiger partial charge in [-0.2, -0.15) is 0 Å². The number of ether oxygens (including phenoxy) is 2. The van der Waals surface area contributed by atoms with Gasteiger partial charge in [-0.1, -0.05) is 6.07 Å². The smallest absolute Gasteiger partial charge is 0.493 e. The molecule has 18 heavy (non-hydrogen) atoms. The van der Waals surface area contributed by atoms with Crippen molar-refractivity contribution >= 4 is 5.97 Å². The molecule has 0 saturated heterocycles. The summed E-state index contributed by atoms with van der Waals surface area (Å²) in [4.78, 5) is 10.5. The number of halogens is 3. The minimum absolute atomic E-state index is 0.117. The van der Waals surface area contributed by atoms with E-state index in [1.807, 2.05) is 0 Å². The van der Waals surface area contributed by atoms with Crippen molar-refractivity contribution in [2.45, 2.75) is 12.5 Å². The number of aliphatic hydroxyl groups is 1. The fourth-order valence-corrected chi connectivity index (χ4v) is 1.21. The zero-order chi connectivity index (χ0) is 13.9. The molecule has 100 valence electrons. The van der Waals surface area contributed by atoms with E-state index >= 15 is 0 Å². The van der Waals surface area contributed by atoms with Gasteiger partial charge in [0, 0.05) is 0 Å². The van der Waals surface area contributed by atoms with E-state index in [4.69, 9.17) is 5.11 Å². The third kappa shape index (κ3) is 3.52. The van der Waals surface area contributed by atoms with Gasteiger partial charge in [-0.3, -0.25) is 0 Å². The van der Waals surface area contributed by atoms with E-state index in [9.17, 15) is 23.1 Å². The van der Waals surface area contributed by atoms with E-state index in [1.54, 1.807) is 0 Å². The fraction of sp³-hybridized carbons (Fsp3) is 0.300. The number of aliphatic carboxylic acids is 1. The lowest BCUT2D eigenvalue weighted by Crippen LogP contribution is -2.18. The predicted octanol–water partition coefficient (Wildman–Crippen LogP) is 1.71. The van der Waals surface area contributed by atoms with Gasteiger partial charge < -0.3 is 19.7 Å². The lowest BCUT2D eigenvalue weighted by molar-refractivity contribution is -0.275. The second kappa shape index (κ2) is 5.13. The van der Waals surface area contributed by atoms with Gasteiger partial charge in [-0.25, -0.2) is 4.79 Å². The molecular weight excluding hydrogens is 257 g/mol. The van der Waals surface area contributed by atoms with Crippen LogP contribution in [0.4, 0.5) is 13.2 Å². The predicted molar refractivity (Wildman–Crippen MR) is 52.3 cm³/mol. The summed E-state index contributed by atoms with van der Waals surface area (Å²) >= 11 is 0. The number of hydrogen-bond donors (Lipinski definition) is 2. The maximum atomic E-state index is 12.0. The highest BCUT2D eigenvalue weighted by molar-refractivity contribution is 5.74. The van der Waals surface area contributed by atoms with Crippen LogP contribution in [0.25, 0.3) is 0 Å². The zero-order valence-electron chi connectivity index (χ0n) is 9.06. The normalized spacial score (nSPS) is 12.9. The van der Waals surface area contributed by atoms with Crippen LogP contribution in [0.1, 0.15) is 11.7 Å². The molecule has 1 rings (SSSR count). The van der Waals surface area contributed by atoms with E-state index in [2.05, 4.69) is 9.47 Å². The second-order valence-corrected chi connectivity index (χ2v) is 3.20. The van der Waals surface area contributed by atoms with Gasteiger partial charge in [0.1, 0.15) is 0 Å². The van der Waals surface area contributed by atoms with Crippen LogP contribution in [-0.2, 0) is 4.79 Å². The number of carbonyl (C=O) groups is 1. The second-order valence-electron chi connectivity index (χ2n) is 3.20. The number of hydrogen-bond acceptors (Lipinski definition) is 4. The number of carboxylic acid groups (broad SMARTS) is 1. The van der Waals surface area contributed by atoms with Crippen LogP contribution in [0.3, 0.4) is 0 Å². The molecule has 0 aromatic heterocycles. The Labute approximate surface area is 99.4 Å². The first kappa shape index (κ1) is 14.1. The van der Waals surface area contributed by atoms with Crippen LogP contribution in [0, 0.1) is 0 Å². The Balaban J connectivity index is 3.07. The van der Waals surface area contributed by atoms with Gasteiger partial charge in [-0.15, -0.1) is 13.2 Å². The molecular formula is C10H9F3O5. The minimum Gasteiger partial charge on any atom is -0.493 e. The summed E-state index contributed by atoms with van der Waals surface area (Å²) in [6, 6.07) is 2.83. The number of alkyl halides is 3. The molecule has 1 unspecified atom stereocenters. The molecule has 0 spiro atoms. The Morgan fingerprint density at radius 1 is 1.33 bits per heavy atom. The number of benzene rings is 1. The zero-order valence-corrected chi connectivity index (χ0v) is 9.06. The summed E-state index contributed by atoms with van der Waals surface area (Å²) in [6.07, 6.45) is -6.74. The molecule has 0 aliphatic heterocycles. The molecule has 5 nitrogen and oxygen atoms in total. The van der Waals surface area contributed by atoms with Gasteiger partial charge >= 0.3 is 12.3 Å². The Bertz CT molecular complexity index is 444. The SMILES string of the molecule is COc1cc(C(O)C(=O)O)ccc1OC(F)(F)F.